The van der Waals surface area contributed by atoms with Crippen molar-refractivity contribution in [3.63, 3.8) is 0 Å². The van der Waals surface area contributed by atoms with Crippen LogP contribution in [0.3, 0.4) is 0 Å². The lowest BCUT2D eigenvalue weighted by atomic mass is 10.2. The van der Waals surface area contributed by atoms with Crippen molar-refractivity contribution in [1.29, 1.82) is 0 Å². The predicted octanol–water partition coefficient (Wildman–Crippen LogP) is 3.53. The van der Waals surface area contributed by atoms with E-state index >= 15 is 0 Å². The summed E-state index contributed by atoms with van der Waals surface area (Å²) in [4.78, 5) is 16.8. The number of aromatic nitrogens is 1. The summed E-state index contributed by atoms with van der Waals surface area (Å²) < 4.78 is 39.6. The molecule has 0 fully saturated rings. The molecule has 0 saturated heterocycles. The Morgan fingerprint density at radius 1 is 1.03 bits per heavy atom. The van der Waals surface area contributed by atoms with Crippen molar-refractivity contribution in [3.8, 4) is 11.5 Å². The molecule has 1 atom stereocenters. The number of hydrogen-bond acceptors (Lipinski definition) is 6. The van der Waals surface area contributed by atoms with Gasteiger partial charge in [0, 0.05) is 42.2 Å². The smallest absolute Gasteiger partial charge is 0.255 e. The van der Waals surface area contributed by atoms with Crippen LogP contribution in [0.4, 0.5) is 5.69 Å². The molecule has 0 bridgehead atoms. The van der Waals surface area contributed by atoms with Crippen LogP contribution in [0, 0.1) is 0 Å². The van der Waals surface area contributed by atoms with Crippen LogP contribution in [-0.4, -0.2) is 32.5 Å². The average Bonchev–Trinajstić information content (AvgIpc) is 3.04. The number of nitrogens with zero attached hydrogens (tertiary/aromatic N) is 1. The van der Waals surface area contributed by atoms with Crippen molar-refractivity contribution in [1.82, 2.24) is 9.71 Å². The Kier molecular flexibility index (Phi) is 6.38. The van der Waals surface area contributed by atoms with E-state index in [9.17, 15) is 13.2 Å². The van der Waals surface area contributed by atoms with E-state index in [-0.39, 0.29) is 10.5 Å². The minimum atomic E-state index is -3.85. The van der Waals surface area contributed by atoms with Crippen molar-refractivity contribution in [2.24, 2.45) is 0 Å². The molecule has 0 spiro atoms. The zero-order chi connectivity index (χ0) is 22.6. The topological polar surface area (TPSA) is 107 Å². The normalized spacial score (nSPS) is 14.3. The summed E-state index contributed by atoms with van der Waals surface area (Å²) in [5.41, 5.74) is 1.48. The van der Waals surface area contributed by atoms with Gasteiger partial charge in [-0.3, -0.25) is 9.78 Å². The van der Waals surface area contributed by atoms with Crippen molar-refractivity contribution >= 4 is 21.6 Å². The van der Waals surface area contributed by atoms with Gasteiger partial charge in [0.15, 0.2) is 11.5 Å². The second-order valence-corrected chi connectivity index (χ2v) is 9.04. The van der Waals surface area contributed by atoms with Gasteiger partial charge in [0.05, 0.1) is 18.1 Å². The lowest BCUT2D eigenvalue weighted by Gasteiger charge is -2.15. The molecule has 2 aromatic carbocycles. The zero-order valence-electron chi connectivity index (χ0n) is 17.4. The second-order valence-electron chi connectivity index (χ2n) is 7.32. The van der Waals surface area contributed by atoms with Crippen molar-refractivity contribution in [2.75, 3.05) is 18.5 Å². The number of carbonyl (C=O) groups excluding carboxylic acids is 1. The SMILES string of the molecule is C[C@H](NS(=O)(=O)c1cccc(C(=O)Nc2ccc3c(c2)OCCCO3)c1)c1cccnc1. The number of sulfonamides is 1. The molecule has 1 amide bonds. The first kappa shape index (κ1) is 21.8. The fourth-order valence-corrected chi connectivity index (χ4v) is 4.53. The molecule has 8 nitrogen and oxygen atoms in total. The minimum Gasteiger partial charge on any atom is -0.490 e. The Balaban J connectivity index is 1.50. The maximum atomic E-state index is 12.8. The largest absolute Gasteiger partial charge is 0.490 e. The van der Waals surface area contributed by atoms with Gasteiger partial charge in [0.2, 0.25) is 10.0 Å². The summed E-state index contributed by atoms with van der Waals surface area (Å²) in [5.74, 6) is 0.754. The minimum absolute atomic E-state index is 0.000415. The highest BCUT2D eigenvalue weighted by atomic mass is 32.2. The highest BCUT2D eigenvalue weighted by molar-refractivity contribution is 7.89. The average molecular weight is 454 g/mol. The number of pyridine rings is 1. The van der Waals surface area contributed by atoms with Gasteiger partial charge in [-0.05, 0) is 48.9 Å². The summed E-state index contributed by atoms with van der Waals surface area (Å²) >= 11 is 0. The van der Waals surface area contributed by atoms with Crippen LogP contribution in [0.5, 0.6) is 11.5 Å². The summed E-state index contributed by atoms with van der Waals surface area (Å²) in [6.07, 6.45) is 4.01. The quantitative estimate of drug-likeness (QED) is 0.591. The first-order valence-corrected chi connectivity index (χ1v) is 11.6. The van der Waals surface area contributed by atoms with Crippen LogP contribution in [0.2, 0.25) is 0 Å². The number of hydrogen-bond donors (Lipinski definition) is 2. The van der Waals surface area contributed by atoms with Gasteiger partial charge < -0.3 is 14.8 Å². The molecule has 1 aromatic heterocycles. The van der Waals surface area contributed by atoms with Crippen LogP contribution in [-0.2, 0) is 10.0 Å². The lowest BCUT2D eigenvalue weighted by Crippen LogP contribution is -2.27. The molecule has 0 radical (unpaired) electrons. The van der Waals surface area contributed by atoms with Crippen LogP contribution < -0.4 is 19.5 Å². The molecule has 1 aliphatic rings. The van der Waals surface area contributed by atoms with Gasteiger partial charge in [0.1, 0.15) is 0 Å². The predicted molar refractivity (Wildman–Crippen MR) is 119 cm³/mol. The van der Waals surface area contributed by atoms with E-state index in [0.29, 0.717) is 30.4 Å². The Hall–Kier alpha value is -3.43. The summed E-state index contributed by atoms with van der Waals surface area (Å²) in [6.45, 7) is 2.84. The monoisotopic (exact) mass is 453 g/mol. The van der Waals surface area contributed by atoms with Gasteiger partial charge in [-0.15, -0.1) is 0 Å². The molecule has 0 unspecified atom stereocenters. The van der Waals surface area contributed by atoms with Gasteiger partial charge in [-0.25, -0.2) is 13.1 Å². The fraction of sp³-hybridized carbons (Fsp3) is 0.217. The Bertz CT molecular complexity index is 1220. The number of carbonyl (C=O) groups is 1. The Labute approximate surface area is 186 Å². The maximum Gasteiger partial charge on any atom is 0.255 e. The standard InChI is InChI=1S/C23H23N3O5S/c1-16(18-6-3-10-24-15-18)26-32(28,29)20-7-2-5-17(13-20)23(27)25-19-8-9-21-22(14-19)31-12-4-11-30-21/h2-3,5-10,13-16,26H,4,11-12H2,1H3,(H,25,27)/t16-/m0/s1. The number of amides is 1. The molecule has 166 valence electrons. The first-order valence-electron chi connectivity index (χ1n) is 10.2. The van der Waals surface area contributed by atoms with E-state index in [4.69, 9.17) is 9.47 Å². The molecule has 4 rings (SSSR count). The molecule has 32 heavy (non-hydrogen) atoms. The first-order chi connectivity index (χ1) is 15.4. The molecule has 3 aromatic rings. The number of benzene rings is 2. The van der Waals surface area contributed by atoms with E-state index in [1.165, 1.54) is 18.2 Å². The zero-order valence-corrected chi connectivity index (χ0v) is 18.3. The number of anilines is 1. The fourth-order valence-electron chi connectivity index (χ4n) is 3.25. The molecular formula is C23H23N3O5S. The third-order valence-electron chi connectivity index (χ3n) is 4.93. The second kappa shape index (κ2) is 9.37. The molecule has 0 aliphatic carbocycles. The van der Waals surface area contributed by atoms with Crippen LogP contribution in [0.1, 0.15) is 35.3 Å². The third kappa shape index (κ3) is 5.06. The van der Waals surface area contributed by atoms with Gasteiger partial charge in [0.25, 0.3) is 5.91 Å². The highest BCUT2D eigenvalue weighted by Crippen LogP contribution is 2.32. The van der Waals surface area contributed by atoms with Gasteiger partial charge in [-0.2, -0.15) is 0 Å². The molecule has 2 heterocycles. The molecule has 2 N–H and O–H groups in total. The van der Waals surface area contributed by atoms with E-state index in [1.807, 2.05) is 0 Å². The van der Waals surface area contributed by atoms with E-state index in [0.717, 1.165) is 12.0 Å². The molecule has 9 heteroatoms. The van der Waals surface area contributed by atoms with Crippen LogP contribution in [0.25, 0.3) is 0 Å². The number of nitrogens with one attached hydrogen (secondary N) is 2. The lowest BCUT2D eigenvalue weighted by molar-refractivity contribution is 0.102. The van der Waals surface area contributed by atoms with Crippen molar-refractivity contribution in [2.45, 2.75) is 24.3 Å². The van der Waals surface area contributed by atoms with E-state index < -0.39 is 22.0 Å². The maximum absolute atomic E-state index is 12.8. The summed E-state index contributed by atoms with van der Waals surface area (Å²) in [6, 6.07) is 14.1. The number of rotatable bonds is 6. The highest BCUT2D eigenvalue weighted by Gasteiger charge is 2.20. The third-order valence-corrected chi connectivity index (χ3v) is 6.47. The van der Waals surface area contributed by atoms with Gasteiger partial charge >= 0.3 is 0 Å². The van der Waals surface area contributed by atoms with E-state index in [2.05, 4.69) is 15.0 Å². The summed E-state index contributed by atoms with van der Waals surface area (Å²) in [5, 5.41) is 2.78. The molecular weight excluding hydrogens is 430 g/mol. The van der Waals surface area contributed by atoms with Crippen molar-refractivity contribution in [3.05, 3.63) is 78.1 Å². The number of ether oxygens (including phenoxy) is 2. The number of fused-ring (bicyclic) bond motifs is 1. The molecule has 1 aliphatic heterocycles. The van der Waals surface area contributed by atoms with Crippen LogP contribution in [0.15, 0.2) is 71.9 Å². The molecule has 0 saturated carbocycles. The van der Waals surface area contributed by atoms with E-state index in [1.54, 1.807) is 55.7 Å². The van der Waals surface area contributed by atoms with Crippen LogP contribution >= 0.6 is 0 Å². The van der Waals surface area contributed by atoms with Gasteiger partial charge in [-0.1, -0.05) is 12.1 Å². The summed E-state index contributed by atoms with van der Waals surface area (Å²) in [7, 11) is -3.85. The van der Waals surface area contributed by atoms with Crippen molar-refractivity contribution < 1.29 is 22.7 Å². The Morgan fingerprint density at radius 2 is 1.84 bits per heavy atom. The Morgan fingerprint density at radius 3 is 2.62 bits per heavy atom.